The van der Waals surface area contributed by atoms with Gasteiger partial charge in [0.25, 0.3) is 5.91 Å². The fraction of sp³-hybridized carbons (Fsp3) is 0.476. The summed E-state index contributed by atoms with van der Waals surface area (Å²) in [5.41, 5.74) is -0.0432. The van der Waals surface area contributed by atoms with Crippen molar-refractivity contribution in [3.8, 4) is 5.75 Å². The maximum absolute atomic E-state index is 12.8. The zero-order chi connectivity index (χ0) is 18.3. The topological polar surface area (TPSA) is 47.6 Å². The van der Waals surface area contributed by atoms with Crippen LogP contribution in [0.2, 0.25) is 0 Å². The molecule has 1 N–H and O–H groups in total. The van der Waals surface area contributed by atoms with Crippen molar-refractivity contribution in [1.82, 2.24) is 0 Å². The lowest BCUT2D eigenvalue weighted by Gasteiger charge is -2.27. The van der Waals surface area contributed by atoms with E-state index in [4.69, 9.17) is 9.47 Å². The van der Waals surface area contributed by atoms with E-state index in [1.165, 1.54) is 0 Å². The van der Waals surface area contributed by atoms with Gasteiger partial charge in [0.15, 0.2) is 0 Å². The largest absolute Gasteiger partial charge is 0.493 e. The zero-order valence-electron chi connectivity index (χ0n) is 15.7. The summed E-state index contributed by atoms with van der Waals surface area (Å²) in [6.45, 7) is 9.18. The van der Waals surface area contributed by atoms with Crippen LogP contribution in [0.1, 0.15) is 47.0 Å². The van der Waals surface area contributed by atoms with E-state index in [1.54, 1.807) is 0 Å². The molecule has 0 aromatic heterocycles. The Bertz CT molecular complexity index is 713. The van der Waals surface area contributed by atoms with Crippen LogP contribution in [0.5, 0.6) is 5.75 Å². The predicted octanol–water partition coefficient (Wildman–Crippen LogP) is 5.16. The van der Waals surface area contributed by atoms with Gasteiger partial charge in [-0.3, -0.25) is 4.79 Å². The maximum Gasteiger partial charge on any atom is 0.256 e. The van der Waals surface area contributed by atoms with Crippen LogP contribution >= 0.6 is 0 Å². The number of fused-ring (bicyclic) bond motifs is 1. The van der Waals surface area contributed by atoms with Crippen LogP contribution in [0, 0.1) is 0 Å². The zero-order valence-corrected chi connectivity index (χ0v) is 15.7. The van der Waals surface area contributed by atoms with E-state index in [1.807, 2.05) is 57.2 Å². The quantitative estimate of drug-likeness (QED) is 0.684. The van der Waals surface area contributed by atoms with Crippen LogP contribution in [0.4, 0.5) is 5.69 Å². The number of anilines is 1. The minimum Gasteiger partial charge on any atom is -0.493 e. The Morgan fingerprint density at radius 1 is 1.00 bits per heavy atom. The smallest absolute Gasteiger partial charge is 0.256 e. The number of nitrogens with one attached hydrogen (secondary N) is 1. The summed E-state index contributed by atoms with van der Waals surface area (Å²) < 4.78 is 11.6. The number of benzene rings is 2. The molecule has 0 heterocycles. The lowest BCUT2D eigenvalue weighted by molar-refractivity contribution is -0.139. The van der Waals surface area contributed by atoms with Crippen molar-refractivity contribution in [2.24, 2.45) is 0 Å². The van der Waals surface area contributed by atoms with E-state index in [0.717, 1.165) is 35.1 Å². The van der Waals surface area contributed by atoms with Gasteiger partial charge in [0.1, 0.15) is 11.4 Å². The van der Waals surface area contributed by atoms with Crippen LogP contribution in [0.25, 0.3) is 10.8 Å². The number of amides is 1. The molecule has 4 nitrogen and oxygen atoms in total. The van der Waals surface area contributed by atoms with Gasteiger partial charge >= 0.3 is 0 Å². The number of carbonyl (C=O) groups excluding carboxylic acids is 1. The molecule has 2 aromatic carbocycles. The summed E-state index contributed by atoms with van der Waals surface area (Å²) in [6, 6.07) is 11.8. The van der Waals surface area contributed by atoms with Gasteiger partial charge in [0.2, 0.25) is 0 Å². The predicted molar refractivity (Wildman–Crippen MR) is 103 cm³/mol. The third-order valence-corrected chi connectivity index (χ3v) is 4.37. The molecule has 0 radical (unpaired) electrons. The SMILES string of the molecule is CCCOc1ccc(NC(=O)[C@](C)(CC)OCCC)c2ccccc12. The molecule has 2 rings (SSSR count). The molecule has 0 aliphatic heterocycles. The number of ether oxygens (including phenoxy) is 2. The first-order valence-corrected chi connectivity index (χ1v) is 9.15. The van der Waals surface area contributed by atoms with Gasteiger partial charge in [0, 0.05) is 23.1 Å². The molecule has 0 aliphatic rings. The summed E-state index contributed by atoms with van der Waals surface area (Å²) in [7, 11) is 0. The van der Waals surface area contributed by atoms with Gasteiger partial charge in [-0.2, -0.15) is 0 Å². The molecule has 4 heteroatoms. The normalized spacial score (nSPS) is 13.4. The highest BCUT2D eigenvalue weighted by Gasteiger charge is 2.32. The van der Waals surface area contributed by atoms with Crippen molar-refractivity contribution in [3.05, 3.63) is 36.4 Å². The number of hydrogen-bond donors (Lipinski definition) is 1. The lowest BCUT2D eigenvalue weighted by atomic mass is 10.0. The van der Waals surface area contributed by atoms with Gasteiger partial charge in [-0.05, 0) is 38.3 Å². The van der Waals surface area contributed by atoms with Crippen molar-refractivity contribution in [1.29, 1.82) is 0 Å². The Hall–Kier alpha value is -2.07. The maximum atomic E-state index is 12.8. The van der Waals surface area contributed by atoms with Crippen LogP contribution in [-0.2, 0) is 9.53 Å². The minimum atomic E-state index is -0.825. The Balaban J connectivity index is 2.30. The summed E-state index contributed by atoms with van der Waals surface area (Å²) in [5, 5.41) is 5.02. The Labute approximate surface area is 150 Å². The monoisotopic (exact) mass is 343 g/mol. The first kappa shape index (κ1) is 19.3. The fourth-order valence-corrected chi connectivity index (χ4v) is 2.63. The molecule has 2 aromatic rings. The summed E-state index contributed by atoms with van der Waals surface area (Å²) >= 11 is 0. The third-order valence-electron chi connectivity index (χ3n) is 4.37. The van der Waals surface area contributed by atoms with E-state index in [-0.39, 0.29) is 5.91 Å². The van der Waals surface area contributed by atoms with Gasteiger partial charge < -0.3 is 14.8 Å². The van der Waals surface area contributed by atoms with Crippen LogP contribution in [-0.4, -0.2) is 24.7 Å². The summed E-state index contributed by atoms with van der Waals surface area (Å²) in [4.78, 5) is 12.8. The van der Waals surface area contributed by atoms with E-state index < -0.39 is 5.60 Å². The second-order valence-electron chi connectivity index (χ2n) is 6.39. The number of rotatable bonds is 9. The van der Waals surface area contributed by atoms with E-state index >= 15 is 0 Å². The fourth-order valence-electron chi connectivity index (χ4n) is 2.63. The standard InChI is InChI=1S/C21H29NO3/c1-5-14-24-19-13-12-18(16-10-8-9-11-17(16)19)22-20(23)21(4,7-3)25-15-6-2/h8-13H,5-7,14-15H2,1-4H3,(H,22,23)/t21-/m0/s1. The Morgan fingerprint density at radius 3 is 2.32 bits per heavy atom. The molecule has 0 bridgehead atoms. The molecule has 25 heavy (non-hydrogen) atoms. The molecule has 0 unspecified atom stereocenters. The Kier molecular flexibility index (Phi) is 6.82. The molecule has 0 spiro atoms. The molecule has 0 saturated carbocycles. The van der Waals surface area contributed by atoms with Crippen molar-refractivity contribution in [3.63, 3.8) is 0 Å². The second-order valence-corrected chi connectivity index (χ2v) is 6.39. The number of carbonyl (C=O) groups is 1. The second kappa shape index (κ2) is 8.86. The molecule has 1 amide bonds. The summed E-state index contributed by atoms with van der Waals surface area (Å²) in [5.74, 6) is 0.728. The Morgan fingerprint density at radius 2 is 1.68 bits per heavy atom. The van der Waals surface area contributed by atoms with Crippen molar-refractivity contribution < 1.29 is 14.3 Å². The highest BCUT2D eigenvalue weighted by molar-refractivity contribution is 6.06. The third kappa shape index (κ3) is 4.51. The average molecular weight is 343 g/mol. The molecule has 1 atom stereocenters. The van der Waals surface area contributed by atoms with Crippen molar-refractivity contribution in [2.45, 2.75) is 52.6 Å². The van der Waals surface area contributed by atoms with Crippen molar-refractivity contribution >= 4 is 22.4 Å². The summed E-state index contributed by atoms with van der Waals surface area (Å²) in [6.07, 6.45) is 2.46. The molecule has 136 valence electrons. The minimum absolute atomic E-state index is 0.115. The van der Waals surface area contributed by atoms with Gasteiger partial charge in [-0.1, -0.05) is 45.0 Å². The van der Waals surface area contributed by atoms with E-state index in [9.17, 15) is 4.79 Å². The van der Waals surface area contributed by atoms with E-state index in [2.05, 4.69) is 12.2 Å². The molecular weight excluding hydrogens is 314 g/mol. The van der Waals surface area contributed by atoms with Crippen LogP contribution in [0.3, 0.4) is 0 Å². The average Bonchev–Trinajstić information content (AvgIpc) is 2.65. The molecule has 0 fully saturated rings. The highest BCUT2D eigenvalue weighted by Crippen LogP contribution is 2.32. The molecule has 0 saturated heterocycles. The van der Waals surface area contributed by atoms with E-state index in [0.29, 0.717) is 19.6 Å². The van der Waals surface area contributed by atoms with Gasteiger partial charge in [-0.15, -0.1) is 0 Å². The molecule has 0 aliphatic carbocycles. The first-order valence-electron chi connectivity index (χ1n) is 9.15. The number of hydrogen-bond acceptors (Lipinski definition) is 3. The van der Waals surface area contributed by atoms with Crippen LogP contribution in [0.15, 0.2) is 36.4 Å². The molecular formula is C21H29NO3. The van der Waals surface area contributed by atoms with Crippen LogP contribution < -0.4 is 10.1 Å². The van der Waals surface area contributed by atoms with Crippen molar-refractivity contribution in [2.75, 3.05) is 18.5 Å². The highest BCUT2D eigenvalue weighted by atomic mass is 16.5. The lowest BCUT2D eigenvalue weighted by Crippen LogP contribution is -2.42. The van der Waals surface area contributed by atoms with Gasteiger partial charge in [0.05, 0.1) is 6.61 Å². The first-order chi connectivity index (χ1) is 12.1. The van der Waals surface area contributed by atoms with Gasteiger partial charge in [-0.25, -0.2) is 0 Å².